The van der Waals surface area contributed by atoms with Crippen molar-refractivity contribution in [3.05, 3.63) is 75.1 Å². The maximum absolute atomic E-state index is 12.7. The molecule has 23 heavy (non-hydrogen) atoms. The van der Waals surface area contributed by atoms with Gasteiger partial charge in [0.15, 0.2) is 5.43 Å². The molecular weight excluding hydrogens is 286 g/mol. The summed E-state index contributed by atoms with van der Waals surface area (Å²) in [4.78, 5) is 16.3. The number of aromatic nitrogens is 1. The van der Waals surface area contributed by atoms with Crippen molar-refractivity contribution >= 4 is 10.9 Å². The Balaban J connectivity index is 1.68. The van der Waals surface area contributed by atoms with E-state index in [9.17, 15) is 4.79 Å². The van der Waals surface area contributed by atoms with E-state index in [1.54, 1.807) is 0 Å². The molecule has 1 atom stereocenters. The number of pyridine rings is 1. The Morgan fingerprint density at radius 2 is 2.00 bits per heavy atom. The number of nitrogens with one attached hydrogen (secondary N) is 1. The molecule has 0 radical (unpaired) electrons. The predicted molar refractivity (Wildman–Crippen MR) is 90.4 cm³/mol. The van der Waals surface area contributed by atoms with Crippen LogP contribution in [0.3, 0.4) is 0 Å². The molecule has 1 aromatic heterocycles. The van der Waals surface area contributed by atoms with Crippen LogP contribution in [0.2, 0.25) is 0 Å². The summed E-state index contributed by atoms with van der Waals surface area (Å²) in [5.41, 5.74) is 5.78. The van der Waals surface area contributed by atoms with Gasteiger partial charge >= 0.3 is 0 Å². The molecule has 3 nitrogen and oxygen atoms in total. The highest BCUT2D eigenvalue weighted by molar-refractivity contribution is 5.79. The van der Waals surface area contributed by atoms with E-state index < -0.39 is 0 Å². The van der Waals surface area contributed by atoms with Crippen molar-refractivity contribution in [3.8, 4) is 5.75 Å². The van der Waals surface area contributed by atoms with Crippen molar-refractivity contribution in [1.29, 1.82) is 0 Å². The van der Waals surface area contributed by atoms with Crippen LogP contribution in [0.25, 0.3) is 10.9 Å². The smallest absolute Gasteiger partial charge is 0.192 e. The highest BCUT2D eigenvalue weighted by atomic mass is 16.5. The van der Waals surface area contributed by atoms with E-state index in [4.69, 9.17) is 4.74 Å². The Morgan fingerprint density at radius 1 is 1.09 bits per heavy atom. The summed E-state index contributed by atoms with van der Waals surface area (Å²) in [6.07, 6.45) is 2.84. The van der Waals surface area contributed by atoms with Crippen molar-refractivity contribution in [3.63, 3.8) is 0 Å². The lowest BCUT2D eigenvalue weighted by Gasteiger charge is -2.14. The summed E-state index contributed by atoms with van der Waals surface area (Å²) in [5.74, 6) is 1.30. The van der Waals surface area contributed by atoms with Crippen molar-refractivity contribution in [2.45, 2.75) is 25.2 Å². The van der Waals surface area contributed by atoms with Crippen LogP contribution in [0.4, 0.5) is 0 Å². The molecule has 0 spiro atoms. The molecule has 3 heteroatoms. The number of aromatic amines is 1. The van der Waals surface area contributed by atoms with Crippen LogP contribution in [-0.2, 0) is 12.8 Å². The molecule has 3 aromatic rings. The second-order valence-corrected chi connectivity index (χ2v) is 6.45. The summed E-state index contributed by atoms with van der Waals surface area (Å²) in [7, 11) is 0. The van der Waals surface area contributed by atoms with E-state index in [0.29, 0.717) is 0 Å². The zero-order chi connectivity index (χ0) is 15.4. The van der Waals surface area contributed by atoms with Crippen molar-refractivity contribution in [1.82, 2.24) is 4.98 Å². The van der Waals surface area contributed by atoms with Gasteiger partial charge in [-0.3, -0.25) is 4.79 Å². The number of H-pyrrole nitrogens is 1. The molecule has 0 saturated heterocycles. The van der Waals surface area contributed by atoms with Gasteiger partial charge in [-0.05, 0) is 42.2 Å². The Kier molecular flexibility index (Phi) is 2.66. The molecule has 1 N–H and O–H groups in total. The van der Waals surface area contributed by atoms with Crippen molar-refractivity contribution in [2.75, 3.05) is 6.61 Å². The van der Waals surface area contributed by atoms with E-state index in [0.717, 1.165) is 53.8 Å². The number of benzene rings is 2. The van der Waals surface area contributed by atoms with Gasteiger partial charge < -0.3 is 9.72 Å². The summed E-state index contributed by atoms with van der Waals surface area (Å²) in [6, 6.07) is 14.3. The van der Waals surface area contributed by atoms with Crippen LogP contribution >= 0.6 is 0 Å². The summed E-state index contributed by atoms with van der Waals surface area (Å²) in [5, 5.41) is 0.800. The quantitative estimate of drug-likeness (QED) is 0.747. The molecule has 2 heterocycles. The molecule has 0 unspecified atom stereocenters. The van der Waals surface area contributed by atoms with E-state index in [1.165, 1.54) is 11.1 Å². The topological polar surface area (TPSA) is 42.1 Å². The molecule has 0 fully saturated rings. The van der Waals surface area contributed by atoms with E-state index in [-0.39, 0.29) is 11.3 Å². The molecule has 0 amide bonds. The second-order valence-electron chi connectivity index (χ2n) is 6.45. The molecule has 114 valence electrons. The average Bonchev–Trinajstić information content (AvgIpc) is 3.21. The van der Waals surface area contributed by atoms with Crippen LogP contribution in [0, 0.1) is 0 Å². The van der Waals surface area contributed by atoms with E-state index in [1.807, 2.05) is 24.3 Å². The number of para-hydroxylation sites is 1. The lowest BCUT2D eigenvalue weighted by molar-refractivity contribution is 0.357. The van der Waals surface area contributed by atoms with Crippen LogP contribution < -0.4 is 10.2 Å². The lowest BCUT2D eigenvalue weighted by atomic mass is 9.94. The monoisotopic (exact) mass is 303 g/mol. The van der Waals surface area contributed by atoms with Crippen LogP contribution in [0.1, 0.15) is 34.7 Å². The molecule has 1 aliphatic carbocycles. The SMILES string of the molecule is O=c1c2c([nH]c3ccccc13)[C@@H](c1ccc3c(c1)CCO3)CC2. The van der Waals surface area contributed by atoms with Crippen molar-refractivity contribution in [2.24, 2.45) is 0 Å². The largest absolute Gasteiger partial charge is 0.493 e. The minimum absolute atomic E-state index is 0.196. The zero-order valence-electron chi connectivity index (χ0n) is 12.8. The maximum atomic E-state index is 12.7. The minimum atomic E-state index is 0.196. The minimum Gasteiger partial charge on any atom is -0.493 e. The highest BCUT2D eigenvalue weighted by Gasteiger charge is 2.28. The first-order valence-corrected chi connectivity index (χ1v) is 8.21. The fourth-order valence-electron chi connectivity index (χ4n) is 4.03. The fourth-order valence-corrected chi connectivity index (χ4v) is 4.03. The number of ether oxygens (including phenoxy) is 1. The lowest BCUT2D eigenvalue weighted by Crippen LogP contribution is -2.11. The average molecular weight is 303 g/mol. The van der Waals surface area contributed by atoms with Gasteiger partial charge in [0.2, 0.25) is 0 Å². The van der Waals surface area contributed by atoms with E-state index in [2.05, 4.69) is 23.2 Å². The Bertz CT molecular complexity index is 987. The maximum Gasteiger partial charge on any atom is 0.192 e. The molecular formula is C20H17NO2. The molecule has 2 aromatic carbocycles. The Morgan fingerprint density at radius 3 is 2.96 bits per heavy atom. The first-order chi connectivity index (χ1) is 11.3. The van der Waals surface area contributed by atoms with Gasteiger partial charge in [-0.25, -0.2) is 0 Å². The second kappa shape index (κ2) is 4.72. The number of hydrogen-bond donors (Lipinski definition) is 1. The predicted octanol–water partition coefficient (Wildman–Crippen LogP) is 3.54. The molecule has 1 aliphatic heterocycles. The third kappa shape index (κ3) is 1.86. The van der Waals surface area contributed by atoms with Gasteiger partial charge in [0.05, 0.1) is 6.61 Å². The van der Waals surface area contributed by atoms with Gasteiger partial charge in [0.1, 0.15) is 5.75 Å². The van der Waals surface area contributed by atoms with Gasteiger partial charge in [0, 0.05) is 34.5 Å². The first-order valence-electron chi connectivity index (χ1n) is 8.21. The molecule has 2 aliphatic rings. The molecule has 0 saturated carbocycles. The highest BCUT2D eigenvalue weighted by Crippen LogP contribution is 2.38. The van der Waals surface area contributed by atoms with Crippen LogP contribution in [0.15, 0.2) is 47.3 Å². The Labute approximate surface area is 133 Å². The zero-order valence-corrected chi connectivity index (χ0v) is 12.8. The standard InChI is InChI=1S/C20H17NO2/c22-20-15-3-1-2-4-17(15)21-19-14(6-7-16(19)20)12-5-8-18-13(11-12)9-10-23-18/h1-5,8,11,14H,6-7,9-10H2,(H,21,22)/t14-/m1/s1. The third-order valence-electron chi connectivity index (χ3n) is 5.19. The normalized spacial score (nSPS) is 18.7. The molecule has 0 bridgehead atoms. The first kappa shape index (κ1) is 12.9. The van der Waals surface area contributed by atoms with Crippen molar-refractivity contribution < 1.29 is 4.74 Å². The van der Waals surface area contributed by atoms with Gasteiger partial charge in [-0.1, -0.05) is 24.3 Å². The van der Waals surface area contributed by atoms with Gasteiger partial charge in [-0.15, -0.1) is 0 Å². The summed E-state index contributed by atoms with van der Waals surface area (Å²) < 4.78 is 5.60. The van der Waals surface area contributed by atoms with E-state index >= 15 is 0 Å². The fraction of sp³-hybridized carbons (Fsp3) is 0.250. The van der Waals surface area contributed by atoms with Crippen LogP contribution in [-0.4, -0.2) is 11.6 Å². The summed E-state index contributed by atoms with van der Waals surface area (Å²) in [6.45, 7) is 0.779. The number of hydrogen-bond acceptors (Lipinski definition) is 2. The van der Waals surface area contributed by atoms with Gasteiger partial charge in [-0.2, -0.15) is 0 Å². The van der Waals surface area contributed by atoms with Gasteiger partial charge in [0.25, 0.3) is 0 Å². The Hall–Kier alpha value is -2.55. The third-order valence-corrected chi connectivity index (χ3v) is 5.19. The number of rotatable bonds is 1. The number of fused-ring (bicyclic) bond motifs is 3. The summed E-state index contributed by atoms with van der Waals surface area (Å²) >= 11 is 0. The molecule has 5 rings (SSSR count). The van der Waals surface area contributed by atoms with Crippen LogP contribution in [0.5, 0.6) is 5.75 Å².